The normalized spacial score (nSPS) is 13.9. The maximum absolute atomic E-state index is 11.3. The Labute approximate surface area is 87.5 Å². The van der Waals surface area contributed by atoms with Gasteiger partial charge in [-0.1, -0.05) is 18.3 Å². The first kappa shape index (κ1) is 11.4. The highest BCUT2D eigenvalue weighted by Gasteiger charge is 2.14. The van der Waals surface area contributed by atoms with Crippen molar-refractivity contribution in [3.05, 3.63) is 5.51 Å². The summed E-state index contributed by atoms with van der Waals surface area (Å²) in [5.74, 6) is 0.304. The standard InChI is InChI=1S/C7H13N3O2S2/c1-3-14(11,12)4-6(2)9-7-10-8-5-13-7/h5-6H,3-4H2,1-2H3,(H,9,10). The lowest BCUT2D eigenvalue weighted by atomic mass is 10.4. The van der Waals surface area contributed by atoms with Crippen molar-refractivity contribution in [2.24, 2.45) is 0 Å². The zero-order valence-electron chi connectivity index (χ0n) is 8.10. The molecule has 0 saturated heterocycles. The van der Waals surface area contributed by atoms with E-state index in [-0.39, 0.29) is 17.5 Å². The van der Waals surface area contributed by atoms with Crippen LogP contribution in [0.25, 0.3) is 0 Å². The molecule has 0 aliphatic heterocycles. The van der Waals surface area contributed by atoms with Crippen LogP contribution in [0.4, 0.5) is 5.13 Å². The number of nitrogens with zero attached hydrogens (tertiary/aromatic N) is 2. The van der Waals surface area contributed by atoms with E-state index in [1.54, 1.807) is 12.4 Å². The molecule has 0 aromatic carbocycles. The molecule has 0 saturated carbocycles. The van der Waals surface area contributed by atoms with E-state index >= 15 is 0 Å². The molecule has 5 nitrogen and oxygen atoms in total. The van der Waals surface area contributed by atoms with Crippen molar-refractivity contribution in [2.75, 3.05) is 16.8 Å². The van der Waals surface area contributed by atoms with Gasteiger partial charge in [0.2, 0.25) is 5.13 Å². The second kappa shape index (κ2) is 4.70. The number of nitrogens with one attached hydrogen (secondary N) is 1. The first-order valence-corrected chi connectivity index (χ1v) is 6.96. The van der Waals surface area contributed by atoms with Gasteiger partial charge in [0.15, 0.2) is 9.84 Å². The summed E-state index contributed by atoms with van der Waals surface area (Å²) in [6, 6.07) is -0.132. The Morgan fingerprint density at radius 1 is 1.64 bits per heavy atom. The fourth-order valence-corrected chi connectivity index (χ4v) is 2.63. The summed E-state index contributed by atoms with van der Waals surface area (Å²) in [4.78, 5) is 0. The summed E-state index contributed by atoms with van der Waals surface area (Å²) in [6.45, 7) is 3.46. The van der Waals surface area contributed by atoms with E-state index in [2.05, 4.69) is 15.5 Å². The van der Waals surface area contributed by atoms with Gasteiger partial charge in [-0.3, -0.25) is 0 Å². The monoisotopic (exact) mass is 235 g/mol. The van der Waals surface area contributed by atoms with Crippen LogP contribution < -0.4 is 5.32 Å². The molecule has 7 heteroatoms. The van der Waals surface area contributed by atoms with Gasteiger partial charge in [-0.25, -0.2) is 8.42 Å². The lowest BCUT2D eigenvalue weighted by Crippen LogP contribution is -2.26. The molecule has 0 amide bonds. The van der Waals surface area contributed by atoms with Gasteiger partial charge in [-0.2, -0.15) is 0 Å². The van der Waals surface area contributed by atoms with Crippen LogP contribution >= 0.6 is 11.3 Å². The average molecular weight is 235 g/mol. The largest absolute Gasteiger partial charge is 0.357 e. The fraction of sp³-hybridized carbons (Fsp3) is 0.714. The van der Waals surface area contributed by atoms with E-state index in [0.717, 1.165) is 0 Å². The number of hydrogen-bond donors (Lipinski definition) is 1. The van der Waals surface area contributed by atoms with Crippen LogP contribution in [0.3, 0.4) is 0 Å². The fourth-order valence-electron chi connectivity index (χ4n) is 0.987. The lowest BCUT2D eigenvalue weighted by molar-refractivity contribution is 0.593. The molecular weight excluding hydrogens is 222 g/mol. The average Bonchev–Trinajstić information content (AvgIpc) is 2.55. The minimum absolute atomic E-state index is 0.128. The molecule has 1 unspecified atom stereocenters. The van der Waals surface area contributed by atoms with E-state index in [9.17, 15) is 8.42 Å². The van der Waals surface area contributed by atoms with Gasteiger partial charge in [0.1, 0.15) is 5.51 Å². The smallest absolute Gasteiger partial charge is 0.205 e. The zero-order valence-corrected chi connectivity index (χ0v) is 9.73. The van der Waals surface area contributed by atoms with Crippen LogP contribution in [0.5, 0.6) is 0 Å². The number of aromatic nitrogens is 2. The predicted molar refractivity (Wildman–Crippen MR) is 57.3 cm³/mol. The molecule has 0 bridgehead atoms. The summed E-state index contributed by atoms with van der Waals surface area (Å²) >= 11 is 1.36. The highest BCUT2D eigenvalue weighted by molar-refractivity contribution is 7.91. The highest BCUT2D eigenvalue weighted by atomic mass is 32.2. The highest BCUT2D eigenvalue weighted by Crippen LogP contribution is 2.10. The third kappa shape index (κ3) is 3.59. The van der Waals surface area contributed by atoms with Crippen LogP contribution in [-0.2, 0) is 9.84 Å². The number of rotatable bonds is 5. The SMILES string of the molecule is CCS(=O)(=O)CC(C)Nc1nncs1. The molecule has 1 rings (SSSR count). The molecule has 14 heavy (non-hydrogen) atoms. The van der Waals surface area contributed by atoms with E-state index in [1.165, 1.54) is 11.3 Å². The Morgan fingerprint density at radius 3 is 2.86 bits per heavy atom. The van der Waals surface area contributed by atoms with Gasteiger partial charge in [0, 0.05) is 11.8 Å². The number of sulfone groups is 1. The van der Waals surface area contributed by atoms with Gasteiger partial charge >= 0.3 is 0 Å². The second-order valence-corrected chi connectivity index (χ2v) is 6.22. The Balaban J connectivity index is 2.48. The minimum Gasteiger partial charge on any atom is -0.357 e. The van der Waals surface area contributed by atoms with Crippen molar-refractivity contribution >= 4 is 26.3 Å². The Kier molecular flexibility index (Phi) is 3.82. The minimum atomic E-state index is -2.93. The third-order valence-corrected chi connectivity index (χ3v) is 4.18. The molecular formula is C7H13N3O2S2. The molecule has 0 fully saturated rings. The summed E-state index contributed by atoms with van der Waals surface area (Å²) in [6.07, 6.45) is 0. The van der Waals surface area contributed by atoms with Crippen molar-refractivity contribution in [2.45, 2.75) is 19.9 Å². The molecule has 1 aromatic rings. The first-order valence-electron chi connectivity index (χ1n) is 4.26. The molecule has 1 heterocycles. The Morgan fingerprint density at radius 2 is 2.36 bits per heavy atom. The van der Waals surface area contributed by atoms with Gasteiger partial charge < -0.3 is 5.32 Å². The summed E-state index contributed by atoms with van der Waals surface area (Å²) in [5, 5.41) is 11.1. The number of anilines is 1. The number of hydrogen-bond acceptors (Lipinski definition) is 6. The second-order valence-electron chi connectivity index (χ2n) is 2.99. The molecule has 0 radical (unpaired) electrons. The van der Waals surface area contributed by atoms with E-state index in [4.69, 9.17) is 0 Å². The van der Waals surface area contributed by atoms with Crippen LogP contribution in [0, 0.1) is 0 Å². The van der Waals surface area contributed by atoms with Crippen molar-refractivity contribution in [1.82, 2.24) is 10.2 Å². The van der Waals surface area contributed by atoms with Gasteiger partial charge in [-0.15, -0.1) is 10.2 Å². The Bertz CT molecular complexity index is 360. The molecule has 0 aliphatic rings. The van der Waals surface area contributed by atoms with E-state index < -0.39 is 9.84 Å². The maximum atomic E-state index is 11.3. The first-order chi connectivity index (χ1) is 6.53. The lowest BCUT2D eigenvalue weighted by Gasteiger charge is -2.11. The molecule has 0 spiro atoms. The van der Waals surface area contributed by atoms with E-state index in [1.807, 2.05) is 6.92 Å². The third-order valence-electron chi connectivity index (χ3n) is 1.67. The van der Waals surface area contributed by atoms with Crippen LogP contribution in [0.15, 0.2) is 5.51 Å². The van der Waals surface area contributed by atoms with Crippen molar-refractivity contribution in [3.63, 3.8) is 0 Å². The van der Waals surface area contributed by atoms with Crippen molar-refractivity contribution < 1.29 is 8.42 Å². The molecule has 1 N–H and O–H groups in total. The predicted octanol–water partition coefficient (Wildman–Crippen LogP) is 0.773. The van der Waals surface area contributed by atoms with Gasteiger partial charge in [-0.05, 0) is 6.92 Å². The van der Waals surface area contributed by atoms with Crippen molar-refractivity contribution in [3.8, 4) is 0 Å². The molecule has 80 valence electrons. The van der Waals surface area contributed by atoms with Gasteiger partial charge in [0.05, 0.1) is 5.75 Å². The molecule has 1 atom stereocenters. The summed E-state index contributed by atoms with van der Waals surface area (Å²) < 4.78 is 22.5. The van der Waals surface area contributed by atoms with Crippen molar-refractivity contribution in [1.29, 1.82) is 0 Å². The topological polar surface area (TPSA) is 72.0 Å². The van der Waals surface area contributed by atoms with Gasteiger partial charge in [0.25, 0.3) is 0 Å². The summed E-state index contributed by atoms with van der Waals surface area (Å²) in [5.41, 5.74) is 1.60. The quantitative estimate of drug-likeness (QED) is 0.816. The summed E-state index contributed by atoms with van der Waals surface area (Å²) in [7, 11) is -2.93. The molecule has 0 aliphatic carbocycles. The zero-order chi connectivity index (χ0) is 10.6. The Hall–Kier alpha value is -0.690. The van der Waals surface area contributed by atoms with Crippen LogP contribution in [0.2, 0.25) is 0 Å². The van der Waals surface area contributed by atoms with Crippen LogP contribution in [-0.4, -0.2) is 36.2 Å². The van der Waals surface area contributed by atoms with E-state index in [0.29, 0.717) is 5.13 Å². The maximum Gasteiger partial charge on any atom is 0.205 e. The van der Waals surface area contributed by atoms with Crippen LogP contribution in [0.1, 0.15) is 13.8 Å². The molecule has 1 aromatic heterocycles.